The monoisotopic (exact) mass is 388 g/mol. The number of aliphatic carboxylic acids is 1. The number of hydrogen-bond donors (Lipinski definition) is 3. The number of alkyl halides is 3. The molecule has 2 heterocycles. The number of amides is 2. The van der Waals surface area contributed by atoms with E-state index in [0.717, 1.165) is 21.6 Å². The molecule has 0 unspecified atom stereocenters. The van der Waals surface area contributed by atoms with E-state index in [1.807, 2.05) is 0 Å². The third-order valence-electron chi connectivity index (χ3n) is 3.16. The number of nitrogens with one attached hydrogen (secondary N) is 2. The molecule has 0 aromatic carbocycles. The van der Waals surface area contributed by atoms with Crippen molar-refractivity contribution in [2.24, 2.45) is 0 Å². The van der Waals surface area contributed by atoms with Gasteiger partial charge in [0.15, 0.2) is 5.69 Å². The molecule has 0 aliphatic rings. The summed E-state index contributed by atoms with van der Waals surface area (Å²) in [5.41, 5.74) is -0.940. The Kier molecular flexibility index (Phi) is 6.15. The van der Waals surface area contributed by atoms with Crippen molar-refractivity contribution < 1.29 is 32.7 Å². The zero-order valence-electron chi connectivity index (χ0n) is 13.7. The van der Waals surface area contributed by atoms with Crippen molar-refractivity contribution in [1.29, 1.82) is 0 Å². The number of nitrogens with zero attached hydrogens (tertiary/aromatic N) is 4. The molecule has 0 fully saturated rings. The van der Waals surface area contributed by atoms with Crippen molar-refractivity contribution in [3.8, 4) is 0 Å². The normalized spacial score (nSPS) is 11.2. The Labute approximate surface area is 149 Å². The summed E-state index contributed by atoms with van der Waals surface area (Å²) >= 11 is 0. The zero-order valence-corrected chi connectivity index (χ0v) is 13.7. The van der Waals surface area contributed by atoms with E-state index in [-0.39, 0.29) is 25.2 Å². The lowest BCUT2D eigenvalue weighted by atomic mass is 10.3. The average molecular weight is 388 g/mol. The maximum absolute atomic E-state index is 12.4. The third kappa shape index (κ3) is 6.13. The van der Waals surface area contributed by atoms with Gasteiger partial charge >= 0.3 is 12.1 Å². The van der Waals surface area contributed by atoms with Crippen LogP contribution in [0.3, 0.4) is 0 Å². The van der Waals surface area contributed by atoms with Crippen LogP contribution in [0.2, 0.25) is 0 Å². The number of carbonyl (C=O) groups excluding carboxylic acids is 2. The molecule has 10 nitrogen and oxygen atoms in total. The number of aromatic nitrogens is 4. The first-order chi connectivity index (χ1) is 12.6. The average Bonchev–Trinajstić information content (AvgIpc) is 3.20. The lowest BCUT2D eigenvalue weighted by Crippen LogP contribution is -2.36. The van der Waals surface area contributed by atoms with Crippen LogP contribution in [0.1, 0.15) is 16.1 Å². The van der Waals surface area contributed by atoms with Crippen molar-refractivity contribution in [2.75, 3.05) is 13.1 Å². The second kappa shape index (κ2) is 8.33. The summed E-state index contributed by atoms with van der Waals surface area (Å²) in [6.45, 7) is -0.679. The van der Waals surface area contributed by atoms with E-state index in [0.29, 0.717) is 0 Å². The van der Waals surface area contributed by atoms with Crippen LogP contribution < -0.4 is 10.6 Å². The van der Waals surface area contributed by atoms with Crippen LogP contribution in [0, 0.1) is 0 Å². The molecule has 0 aliphatic heterocycles. The minimum atomic E-state index is -4.58. The fraction of sp³-hybridized carbons (Fsp3) is 0.357. The van der Waals surface area contributed by atoms with E-state index < -0.39 is 36.2 Å². The summed E-state index contributed by atoms with van der Waals surface area (Å²) in [6.07, 6.45) is -1.08. The molecule has 0 radical (unpaired) electrons. The molecule has 3 N–H and O–H groups in total. The standard InChI is InChI=1S/C14H15F3N6O4/c15-14(16,17)10-1-4-22(21-10)7-11(24)18-2-3-19-13(27)9-5-20-23(6-9)8-12(25)26/h1,4-6H,2-3,7-8H2,(H,18,24)(H,19,27)(H,25,26). The van der Waals surface area contributed by atoms with E-state index in [9.17, 15) is 27.6 Å². The van der Waals surface area contributed by atoms with Crippen LogP contribution in [-0.2, 0) is 28.9 Å². The van der Waals surface area contributed by atoms with Gasteiger partial charge in [0.25, 0.3) is 5.91 Å². The Morgan fingerprint density at radius 1 is 1.11 bits per heavy atom. The molecule has 0 saturated carbocycles. The highest BCUT2D eigenvalue weighted by Crippen LogP contribution is 2.27. The van der Waals surface area contributed by atoms with Gasteiger partial charge in [-0.25, -0.2) is 0 Å². The quantitative estimate of drug-likeness (QED) is 0.534. The molecule has 0 bridgehead atoms. The first-order valence-corrected chi connectivity index (χ1v) is 7.55. The number of halogens is 3. The molecule has 0 atom stereocenters. The van der Waals surface area contributed by atoms with Gasteiger partial charge in [-0.2, -0.15) is 23.4 Å². The Morgan fingerprint density at radius 3 is 2.44 bits per heavy atom. The summed E-state index contributed by atoms with van der Waals surface area (Å²) in [5, 5.41) is 20.5. The predicted molar refractivity (Wildman–Crippen MR) is 82.4 cm³/mol. The second-order valence-corrected chi connectivity index (χ2v) is 5.32. The van der Waals surface area contributed by atoms with Gasteiger partial charge in [0, 0.05) is 25.5 Å². The van der Waals surface area contributed by atoms with Crippen molar-refractivity contribution in [2.45, 2.75) is 19.3 Å². The fourth-order valence-corrected chi connectivity index (χ4v) is 1.99. The van der Waals surface area contributed by atoms with Crippen molar-refractivity contribution in [3.63, 3.8) is 0 Å². The first kappa shape index (κ1) is 19.9. The minimum absolute atomic E-state index is 0.0429. The largest absolute Gasteiger partial charge is 0.480 e. The van der Waals surface area contributed by atoms with Gasteiger partial charge in [0.2, 0.25) is 5.91 Å². The zero-order chi connectivity index (χ0) is 20.0. The highest BCUT2D eigenvalue weighted by atomic mass is 19.4. The molecule has 0 spiro atoms. The fourth-order valence-electron chi connectivity index (χ4n) is 1.99. The summed E-state index contributed by atoms with van der Waals surface area (Å²) in [7, 11) is 0. The Bertz CT molecular complexity index is 829. The molecular weight excluding hydrogens is 373 g/mol. The van der Waals surface area contributed by atoms with Crippen molar-refractivity contribution in [3.05, 3.63) is 35.9 Å². The number of carboxylic acid groups (broad SMARTS) is 1. The first-order valence-electron chi connectivity index (χ1n) is 7.55. The lowest BCUT2D eigenvalue weighted by molar-refractivity contribution is -0.142. The van der Waals surface area contributed by atoms with Gasteiger partial charge in [-0.05, 0) is 6.07 Å². The molecule has 2 amide bonds. The predicted octanol–water partition coefficient (Wildman–Crippen LogP) is -0.271. The lowest BCUT2D eigenvalue weighted by Gasteiger charge is -2.07. The summed E-state index contributed by atoms with van der Waals surface area (Å²) in [4.78, 5) is 34.0. The van der Waals surface area contributed by atoms with Gasteiger partial charge in [-0.3, -0.25) is 23.7 Å². The van der Waals surface area contributed by atoms with Crippen molar-refractivity contribution in [1.82, 2.24) is 30.2 Å². The highest BCUT2D eigenvalue weighted by Gasteiger charge is 2.33. The molecule has 2 aromatic heterocycles. The van der Waals surface area contributed by atoms with E-state index in [1.165, 1.54) is 12.4 Å². The summed E-state index contributed by atoms with van der Waals surface area (Å²) in [5.74, 6) is -2.19. The van der Waals surface area contributed by atoms with Gasteiger partial charge in [0.1, 0.15) is 13.1 Å². The van der Waals surface area contributed by atoms with Crippen LogP contribution >= 0.6 is 0 Å². The van der Waals surface area contributed by atoms with E-state index in [4.69, 9.17) is 5.11 Å². The van der Waals surface area contributed by atoms with Gasteiger partial charge in [-0.1, -0.05) is 0 Å². The number of carbonyl (C=O) groups is 3. The van der Waals surface area contributed by atoms with E-state index in [1.54, 1.807) is 0 Å². The minimum Gasteiger partial charge on any atom is -0.480 e. The second-order valence-electron chi connectivity index (χ2n) is 5.32. The van der Waals surface area contributed by atoms with Gasteiger partial charge in [0.05, 0.1) is 11.8 Å². The molecular formula is C14H15F3N6O4. The van der Waals surface area contributed by atoms with Crippen LogP contribution in [-0.4, -0.2) is 55.5 Å². The van der Waals surface area contributed by atoms with Crippen LogP contribution in [0.25, 0.3) is 0 Å². The number of hydrogen-bond acceptors (Lipinski definition) is 5. The topological polar surface area (TPSA) is 131 Å². The van der Waals surface area contributed by atoms with Gasteiger partial charge in [-0.15, -0.1) is 0 Å². The molecule has 2 rings (SSSR count). The summed E-state index contributed by atoms with van der Waals surface area (Å²) in [6, 6.07) is 0.762. The van der Waals surface area contributed by atoms with Crippen LogP contribution in [0.5, 0.6) is 0 Å². The van der Waals surface area contributed by atoms with E-state index >= 15 is 0 Å². The molecule has 13 heteroatoms. The molecule has 27 heavy (non-hydrogen) atoms. The van der Waals surface area contributed by atoms with Crippen LogP contribution in [0.15, 0.2) is 24.7 Å². The number of carboxylic acids is 1. The van der Waals surface area contributed by atoms with E-state index in [2.05, 4.69) is 20.8 Å². The molecule has 0 saturated heterocycles. The molecule has 2 aromatic rings. The highest BCUT2D eigenvalue weighted by molar-refractivity contribution is 5.93. The smallest absolute Gasteiger partial charge is 0.435 e. The van der Waals surface area contributed by atoms with Crippen molar-refractivity contribution >= 4 is 17.8 Å². The SMILES string of the molecule is O=C(O)Cn1cc(C(=O)NCCNC(=O)Cn2ccc(C(F)(F)F)n2)cn1. The van der Waals surface area contributed by atoms with Gasteiger partial charge < -0.3 is 15.7 Å². The Hall–Kier alpha value is -3.38. The maximum Gasteiger partial charge on any atom is 0.435 e. The third-order valence-corrected chi connectivity index (χ3v) is 3.16. The Balaban J connectivity index is 1.70. The Morgan fingerprint density at radius 2 is 1.81 bits per heavy atom. The summed E-state index contributed by atoms with van der Waals surface area (Å²) < 4.78 is 39.2. The van der Waals surface area contributed by atoms with Crippen LogP contribution in [0.4, 0.5) is 13.2 Å². The maximum atomic E-state index is 12.4. The molecule has 0 aliphatic carbocycles. The number of rotatable bonds is 8. The molecule has 146 valence electrons.